The quantitative estimate of drug-likeness (QED) is 0.558. The third-order valence-electron chi connectivity index (χ3n) is 3.99. The molecule has 0 aromatic heterocycles. The molecule has 6 nitrogen and oxygen atoms in total. The lowest BCUT2D eigenvalue weighted by molar-refractivity contribution is -0.155. The largest absolute Gasteiger partial charge is 0.482 e. The highest BCUT2D eigenvalue weighted by Gasteiger charge is 2.18. The molecule has 0 unspecified atom stereocenters. The molecule has 0 aliphatic carbocycles. The first-order valence-corrected chi connectivity index (χ1v) is 9.20. The topological polar surface area (TPSA) is 76.7 Å². The minimum absolute atomic E-state index is 0.283. The van der Waals surface area contributed by atoms with Gasteiger partial charge in [0.05, 0.1) is 0 Å². The van der Waals surface area contributed by atoms with Gasteiger partial charge in [-0.3, -0.25) is 4.79 Å². The summed E-state index contributed by atoms with van der Waals surface area (Å²) in [5.74, 6) is -0.491. The number of carbonyl (C=O) groups is 2. The second-order valence-electron chi connectivity index (χ2n) is 6.29. The van der Waals surface area contributed by atoms with Crippen LogP contribution in [0.2, 0.25) is 0 Å². The van der Waals surface area contributed by atoms with E-state index in [-0.39, 0.29) is 6.61 Å². The fourth-order valence-corrected chi connectivity index (χ4v) is 2.51. The third kappa shape index (κ3) is 6.39. The molecule has 0 fully saturated rings. The number of rotatable bonds is 8. The van der Waals surface area contributed by atoms with Gasteiger partial charge >= 0.3 is 5.97 Å². The van der Waals surface area contributed by atoms with Crippen molar-refractivity contribution < 1.29 is 19.1 Å². The molecule has 0 bridgehead atoms. The van der Waals surface area contributed by atoms with Crippen molar-refractivity contribution in [3.8, 4) is 5.75 Å². The van der Waals surface area contributed by atoms with Crippen LogP contribution >= 0.6 is 0 Å². The van der Waals surface area contributed by atoms with Crippen molar-refractivity contribution in [2.75, 3.05) is 17.2 Å². The summed E-state index contributed by atoms with van der Waals surface area (Å²) in [4.78, 5) is 24.0. The molecule has 0 saturated carbocycles. The molecule has 0 aliphatic rings. The number of para-hydroxylation sites is 2. The number of anilines is 3. The van der Waals surface area contributed by atoms with Gasteiger partial charge in [0.1, 0.15) is 5.75 Å². The highest BCUT2D eigenvalue weighted by Crippen LogP contribution is 2.19. The zero-order chi connectivity index (χ0) is 20.5. The average Bonchev–Trinajstić information content (AvgIpc) is 2.74. The van der Waals surface area contributed by atoms with E-state index in [1.807, 2.05) is 48.5 Å². The maximum Gasteiger partial charge on any atom is 0.344 e. The Hall–Kier alpha value is -3.80. The predicted molar refractivity (Wildman–Crippen MR) is 112 cm³/mol. The molecule has 1 amide bonds. The lowest BCUT2D eigenvalue weighted by atomic mass is 10.2. The molecule has 3 aromatic carbocycles. The van der Waals surface area contributed by atoms with Crippen LogP contribution in [0.5, 0.6) is 5.75 Å². The van der Waals surface area contributed by atoms with Gasteiger partial charge in [-0.05, 0) is 55.5 Å². The zero-order valence-corrected chi connectivity index (χ0v) is 16.0. The second kappa shape index (κ2) is 9.94. The van der Waals surface area contributed by atoms with E-state index in [1.165, 1.54) is 6.92 Å². The Morgan fingerprint density at radius 2 is 1.34 bits per heavy atom. The Labute approximate surface area is 169 Å². The standard InChI is InChI=1S/C23H22N2O4/c1-17(23(27)25-19-10-6-3-7-11-19)29-22(26)16-28-21-14-12-20(13-15-21)24-18-8-4-2-5-9-18/h2-15,17,24H,16H2,1H3,(H,25,27)/t17-/m1/s1. The fraction of sp³-hybridized carbons (Fsp3) is 0.130. The Kier molecular flexibility index (Phi) is 6.84. The van der Waals surface area contributed by atoms with Crippen molar-refractivity contribution in [2.24, 2.45) is 0 Å². The molecular formula is C23H22N2O4. The SMILES string of the molecule is C[C@@H](OC(=O)COc1ccc(Nc2ccccc2)cc1)C(=O)Nc1ccccc1. The Balaban J connectivity index is 1.43. The number of carbonyl (C=O) groups excluding carboxylic acids is 2. The highest BCUT2D eigenvalue weighted by molar-refractivity contribution is 5.95. The maximum atomic E-state index is 12.1. The molecule has 0 saturated heterocycles. The Morgan fingerprint density at radius 3 is 1.97 bits per heavy atom. The van der Waals surface area contributed by atoms with Crippen molar-refractivity contribution in [3.63, 3.8) is 0 Å². The lowest BCUT2D eigenvalue weighted by Crippen LogP contribution is -2.31. The van der Waals surface area contributed by atoms with Crippen molar-refractivity contribution in [1.82, 2.24) is 0 Å². The number of ether oxygens (including phenoxy) is 2. The van der Waals surface area contributed by atoms with E-state index in [1.54, 1.807) is 36.4 Å². The minimum Gasteiger partial charge on any atom is -0.482 e. The van der Waals surface area contributed by atoms with E-state index in [0.717, 1.165) is 11.4 Å². The van der Waals surface area contributed by atoms with Crippen LogP contribution in [0.25, 0.3) is 0 Å². The Morgan fingerprint density at radius 1 is 0.793 bits per heavy atom. The summed E-state index contributed by atoms with van der Waals surface area (Å²) in [7, 11) is 0. The number of benzene rings is 3. The summed E-state index contributed by atoms with van der Waals surface area (Å²) >= 11 is 0. The molecule has 3 aromatic rings. The number of esters is 1. The van der Waals surface area contributed by atoms with Crippen LogP contribution < -0.4 is 15.4 Å². The molecule has 3 rings (SSSR count). The Bertz CT molecular complexity index is 928. The van der Waals surface area contributed by atoms with Crippen LogP contribution in [-0.4, -0.2) is 24.6 Å². The number of hydrogen-bond donors (Lipinski definition) is 2. The summed E-state index contributed by atoms with van der Waals surface area (Å²) < 4.78 is 10.6. The van der Waals surface area contributed by atoms with Crippen molar-refractivity contribution in [2.45, 2.75) is 13.0 Å². The number of nitrogens with one attached hydrogen (secondary N) is 2. The molecule has 1 atom stereocenters. The molecule has 0 heterocycles. The van der Waals surface area contributed by atoms with Gasteiger partial charge in [0, 0.05) is 17.1 Å². The van der Waals surface area contributed by atoms with Crippen molar-refractivity contribution in [1.29, 1.82) is 0 Å². The first-order valence-electron chi connectivity index (χ1n) is 9.20. The maximum absolute atomic E-state index is 12.1. The smallest absolute Gasteiger partial charge is 0.344 e. The minimum atomic E-state index is -0.927. The highest BCUT2D eigenvalue weighted by atomic mass is 16.6. The normalized spacial score (nSPS) is 11.2. The first kappa shape index (κ1) is 19.9. The molecule has 0 radical (unpaired) electrons. The van der Waals surface area contributed by atoms with Gasteiger partial charge in [-0.2, -0.15) is 0 Å². The third-order valence-corrected chi connectivity index (χ3v) is 3.99. The van der Waals surface area contributed by atoms with Crippen molar-refractivity contribution in [3.05, 3.63) is 84.9 Å². The summed E-state index contributed by atoms with van der Waals surface area (Å²) in [6.07, 6.45) is -0.927. The molecule has 2 N–H and O–H groups in total. The summed E-state index contributed by atoms with van der Waals surface area (Å²) in [6, 6.07) is 26.0. The molecule has 148 valence electrons. The van der Waals surface area contributed by atoms with Crippen LogP contribution in [0.3, 0.4) is 0 Å². The first-order chi connectivity index (χ1) is 14.1. The lowest BCUT2D eigenvalue weighted by Gasteiger charge is -2.14. The monoisotopic (exact) mass is 390 g/mol. The summed E-state index contributed by atoms with van der Waals surface area (Å²) in [5, 5.41) is 5.95. The predicted octanol–water partition coefficient (Wildman–Crippen LogP) is 4.38. The molecule has 0 aliphatic heterocycles. The molecule has 6 heteroatoms. The van der Waals surface area contributed by atoms with E-state index in [9.17, 15) is 9.59 Å². The fourth-order valence-electron chi connectivity index (χ4n) is 2.51. The van der Waals surface area contributed by atoms with Gasteiger partial charge in [0.15, 0.2) is 12.7 Å². The van der Waals surface area contributed by atoms with Gasteiger partial charge in [-0.1, -0.05) is 36.4 Å². The van der Waals surface area contributed by atoms with Crippen LogP contribution in [0.1, 0.15) is 6.92 Å². The van der Waals surface area contributed by atoms with Crippen LogP contribution in [0, 0.1) is 0 Å². The zero-order valence-electron chi connectivity index (χ0n) is 16.0. The van der Waals surface area contributed by atoms with E-state index in [0.29, 0.717) is 11.4 Å². The second-order valence-corrected chi connectivity index (χ2v) is 6.29. The molecule has 29 heavy (non-hydrogen) atoms. The van der Waals surface area contributed by atoms with Crippen LogP contribution in [0.15, 0.2) is 84.9 Å². The molecule has 0 spiro atoms. The van der Waals surface area contributed by atoms with Gasteiger partial charge < -0.3 is 20.1 Å². The number of hydrogen-bond acceptors (Lipinski definition) is 5. The van der Waals surface area contributed by atoms with E-state index in [4.69, 9.17) is 9.47 Å². The average molecular weight is 390 g/mol. The van der Waals surface area contributed by atoms with Crippen LogP contribution in [-0.2, 0) is 14.3 Å². The summed E-state index contributed by atoms with van der Waals surface area (Å²) in [6.45, 7) is 1.23. The van der Waals surface area contributed by atoms with E-state index < -0.39 is 18.0 Å². The van der Waals surface area contributed by atoms with Crippen molar-refractivity contribution >= 4 is 28.9 Å². The van der Waals surface area contributed by atoms with Gasteiger partial charge in [0.2, 0.25) is 0 Å². The van der Waals surface area contributed by atoms with Gasteiger partial charge in [-0.25, -0.2) is 4.79 Å². The van der Waals surface area contributed by atoms with Gasteiger partial charge in [0.25, 0.3) is 5.91 Å². The summed E-state index contributed by atoms with van der Waals surface area (Å²) in [5.41, 5.74) is 2.52. The van der Waals surface area contributed by atoms with E-state index in [2.05, 4.69) is 10.6 Å². The van der Waals surface area contributed by atoms with E-state index >= 15 is 0 Å². The molecular weight excluding hydrogens is 368 g/mol. The van der Waals surface area contributed by atoms with Gasteiger partial charge in [-0.15, -0.1) is 0 Å². The number of amides is 1. The van der Waals surface area contributed by atoms with Crippen LogP contribution in [0.4, 0.5) is 17.1 Å².